The second-order valence-electron chi connectivity index (χ2n) is 4.81. The van der Waals surface area contributed by atoms with Gasteiger partial charge >= 0.3 is 51.4 Å². The van der Waals surface area contributed by atoms with Gasteiger partial charge in [0.25, 0.3) is 8.32 Å². The van der Waals surface area contributed by atoms with Crippen LogP contribution in [0.25, 0.3) is 0 Å². The molecule has 0 aromatic heterocycles. The van der Waals surface area contributed by atoms with Gasteiger partial charge in [0, 0.05) is 0 Å². The van der Waals surface area contributed by atoms with Crippen LogP contribution in [0.4, 0.5) is 0 Å². The molecule has 3 aromatic rings. The maximum absolute atomic E-state index is 11.6. The molecule has 3 aromatic carbocycles. The first-order valence-corrected chi connectivity index (χ1v) is 8.65. The van der Waals surface area contributed by atoms with Gasteiger partial charge in [-0.25, -0.2) is 0 Å². The molecule has 0 radical (unpaired) electrons. The van der Waals surface area contributed by atoms with E-state index in [0.29, 0.717) is 0 Å². The van der Waals surface area contributed by atoms with Crippen molar-refractivity contribution in [3.8, 4) is 0 Å². The van der Waals surface area contributed by atoms with Crippen molar-refractivity contribution >= 4 is 75.3 Å². The van der Waals surface area contributed by atoms with Crippen LogP contribution in [0.1, 0.15) is 0 Å². The summed E-state index contributed by atoms with van der Waals surface area (Å²) in [5.41, 5.74) is 0. The molecule has 3 heteroatoms. The van der Waals surface area contributed by atoms with Gasteiger partial charge in [0.05, 0.1) is 0 Å². The zero-order chi connectivity index (χ0) is 13.8. The molecular weight excluding hydrogens is 299 g/mol. The zero-order valence-electron chi connectivity index (χ0n) is 11.1. The third-order valence-electron chi connectivity index (χ3n) is 3.57. The number of rotatable bonds is 3. The van der Waals surface area contributed by atoms with Crippen LogP contribution in [0.15, 0.2) is 91.0 Å². The van der Waals surface area contributed by atoms with Gasteiger partial charge < -0.3 is 4.80 Å². The van der Waals surface area contributed by atoms with Crippen molar-refractivity contribution in [1.82, 2.24) is 0 Å². The topological polar surface area (TPSA) is 20.2 Å². The molecule has 100 valence electrons. The SMILES string of the molecule is O[Si](c1ccccc1)(c1ccccc1)c1ccccc1.[KH]. The second kappa shape index (κ2) is 7.65. The Hall–Kier alpha value is -0.527. The molecule has 0 saturated carbocycles. The molecule has 0 spiro atoms. The summed E-state index contributed by atoms with van der Waals surface area (Å²) in [6.45, 7) is 0. The van der Waals surface area contributed by atoms with E-state index in [2.05, 4.69) is 0 Å². The Morgan fingerprint density at radius 2 is 0.714 bits per heavy atom. The molecule has 1 N–H and O–H groups in total. The molecule has 0 fully saturated rings. The molecule has 3 rings (SSSR count). The van der Waals surface area contributed by atoms with Crippen LogP contribution in [0.2, 0.25) is 0 Å². The predicted octanol–water partition coefficient (Wildman–Crippen LogP) is 0.997. The van der Waals surface area contributed by atoms with E-state index in [-0.39, 0.29) is 51.4 Å². The second-order valence-corrected chi connectivity index (χ2v) is 7.96. The molecule has 0 aliphatic carbocycles. The van der Waals surface area contributed by atoms with Gasteiger partial charge in [-0.15, -0.1) is 0 Å². The predicted molar refractivity (Wildman–Crippen MR) is 93.3 cm³/mol. The Kier molecular flexibility index (Phi) is 6.13. The fourth-order valence-corrected chi connectivity index (χ4v) is 5.56. The van der Waals surface area contributed by atoms with Gasteiger partial charge in [-0.1, -0.05) is 91.0 Å². The molecule has 0 heterocycles. The van der Waals surface area contributed by atoms with Crippen molar-refractivity contribution in [2.75, 3.05) is 0 Å². The molecule has 0 amide bonds. The molecule has 1 nitrogen and oxygen atoms in total. The summed E-state index contributed by atoms with van der Waals surface area (Å²) in [6, 6.07) is 30.0. The number of hydrogen-bond acceptors (Lipinski definition) is 1. The van der Waals surface area contributed by atoms with Crippen molar-refractivity contribution < 1.29 is 4.80 Å². The van der Waals surface area contributed by atoms with E-state index in [4.69, 9.17) is 0 Å². The monoisotopic (exact) mass is 316 g/mol. The van der Waals surface area contributed by atoms with E-state index in [1.165, 1.54) is 0 Å². The van der Waals surface area contributed by atoms with Gasteiger partial charge in [0.15, 0.2) is 0 Å². The van der Waals surface area contributed by atoms with Gasteiger partial charge in [-0.2, -0.15) is 0 Å². The Labute approximate surface area is 169 Å². The van der Waals surface area contributed by atoms with Crippen LogP contribution in [-0.4, -0.2) is 64.5 Å². The summed E-state index contributed by atoms with van der Waals surface area (Å²) in [5.74, 6) is 0. The molecule has 0 saturated heterocycles. The van der Waals surface area contributed by atoms with E-state index in [9.17, 15) is 4.80 Å². The first-order valence-electron chi connectivity index (χ1n) is 6.71. The van der Waals surface area contributed by atoms with Gasteiger partial charge in [0.1, 0.15) is 0 Å². The fourth-order valence-electron chi connectivity index (χ4n) is 2.54. The van der Waals surface area contributed by atoms with Gasteiger partial charge in [-0.05, 0) is 15.6 Å². The van der Waals surface area contributed by atoms with E-state index in [1.807, 2.05) is 91.0 Å². The Bertz CT molecular complexity index is 575. The van der Waals surface area contributed by atoms with Crippen LogP contribution >= 0.6 is 0 Å². The summed E-state index contributed by atoms with van der Waals surface area (Å²) in [7, 11) is -2.88. The number of benzene rings is 3. The number of hydrogen-bond donors (Lipinski definition) is 1. The molecule has 0 bridgehead atoms. The Morgan fingerprint density at radius 3 is 0.952 bits per heavy atom. The van der Waals surface area contributed by atoms with Crippen LogP contribution < -0.4 is 15.6 Å². The normalized spacial score (nSPS) is 10.7. The molecule has 21 heavy (non-hydrogen) atoms. The summed E-state index contributed by atoms with van der Waals surface area (Å²) in [6.07, 6.45) is 0. The van der Waals surface area contributed by atoms with E-state index >= 15 is 0 Å². The van der Waals surface area contributed by atoms with Crippen LogP contribution in [0.3, 0.4) is 0 Å². The van der Waals surface area contributed by atoms with Crippen LogP contribution in [0, 0.1) is 0 Å². The molecule has 0 aliphatic rings. The third kappa shape index (κ3) is 3.46. The van der Waals surface area contributed by atoms with Crippen molar-refractivity contribution in [1.29, 1.82) is 0 Å². The van der Waals surface area contributed by atoms with Crippen LogP contribution in [-0.2, 0) is 0 Å². The maximum atomic E-state index is 11.6. The van der Waals surface area contributed by atoms with Crippen molar-refractivity contribution in [2.45, 2.75) is 0 Å². The standard InChI is InChI=1S/C18H16OSi.K.H/c19-20(16-10-4-1-5-11-16,17-12-6-2-7-13-17)18-14-8-3-9-15-18;;/h1-15,19H;;. The van der Waals surface area contributed by atoms with Crippen molar-refractivity contribution in [2.24, 2.45) is 0 Å². The first-order chi connectivity index (χ1) is 9.82. The minimum absolute atomic E-state index is 0. The molecule has 0 aliphatic heterocycles. The third-order valence-corrected chi connectivity index (χ3v) is 7.08. The van der Waals surface area contributed by atoms with Crippen molar-refractivity contribution in [3.05, 3.63) is 91.0 Å². The summed E-state index contributed by atoms with van der Waals surface area (Å²) < 4.78 is 0. The minimum atomic E-state index is -2.88. The van der Waals surface area contributed by atoms with E-state index in [0.717, 1.165) is 15.6 Å². The zero-order valence-corrected chi connectivity index (χ0v) is 12.1. The van der Waals surface area contributed by atoms with Crippen molar-refractivity contribution in [3.63, 3.8) is 0 Å². The van der Waals surface area contributed by atoms with E-state index in [1.54, 1.807) is 0 Å². The molecular formula is C18H17KOSi. The van der Waals surface area contributed by atoms with Gasteiger partial charge in [-0.3, -0.25) is 0 Å². The Morgan fingerprint density at radius 1 is 0.476 bits per heavy atom. The molecule has 0 unspecified atom stereocenters. The van der Waals surface area contributed by atoms with Gasteiger partial charge in [0.2, 0.25) is 0 Å². The quantitative estimate of drug-likeness (QED) is 0.564. The average molecular weight is 317 g/mol. The first kappa shape index (κ1) is 16.8. The average Bonchev–Trinajstić information content (AvgIpc) is 2.56. The van der Waals surface area contributed by atoms with Crippen LogP contribution in [0.5, 0.6) is 0 Å². The van der Waals surface area contributed by atoms with E-state index < -0.39 is 8.32 Å². The Balaban J connectivity index is 0.00000161. The summed E-state index contributed by atoms with van der Waals surface area (Å²) in [4.78, 5) is 11.6. The fraction of sp³-hybridized carbons (Fsp3) is 0. The summed E-state index contributed by atoms with van der Waals surface area (Å²) in [5, 5.41) is 3.03. The summed E-state index contributed by atoms with van der Waals surface area (Å²) >= 11 is 0. The molecule has 0 atom stereocenters.